The fourth-order valence-electron chi connectivity index (χ4n) is 3.19. The Balaban J connectivity index is 1.93. The highest BCUT2D eigenvalue weighted by Crippen LogP contribution is 2.48. The van der Waals surface area contributed by atoms with E-state index >= 15 is 0 Å². The van der Waals surface area contributed by atoms with Crippen LogP contribution in [0.1, 0.15) is 47.7 Å². The average Bonchev–Trinajstić information content (AvgIpc) is 2.92. The number of pyridine rings is 1. The first-order valence-corrected chi connectivity index (χ1v) is 7.73. The smallest absolute Gasteiger partial charge is 0.312 e. The number of allylic oxidation sites excluding steroid dienone is 2. The van der Waals surface area contributed by atoms with E-state index in [1.54, 1.807) is 24.5 Å². The molecular weight excluding hydrogens is 306 g/mol. The van der Waals surface area contributed by atoms with Gasteiger partial charge >= 0.3 is 5.97 Å². The first-order chi connectivity index (χ1) is 11.6. The normalized spacial score (nSPS) is 18.6. The maximum Gasteiger partial charge on any atom is 0.312 e. The van der Waals surface area contributed by atoms with Crippen molar-refractivity contribution in [3.63, 3.8) is 0 Å². The molecule has 0 spiro atoms. The van der Waals surface area contributed by atoms with Crippen LogP contribution in [-0.2, 0) is 4.79 Å². The zero-order valence-electron chi connectivity index (χ0n) is 13.3. The van der Waals surface area contributed by atoms with E-state index in [-0.39, 0.29) is 24.1 Å². The van der Waals surface area contributed by atoms with Gasteiger partial charge in [0.05, 0.1) is 12.0 Å². The van der Waals surface area contributed by atoms with Gasteiger partial charge in [-0.05, 0) is 43.2 Å². The Kier molecular flexibility index (Phi) is 3.23. The number of Topliss-reactive ketones (excluding diaryl/α,β-unsaturated/α-hetero) is 1. The van der Waals surface area contributed by atoms with E-state index < -0.39 is 0 Å². The van der Waals surface area contributed by atoms with Crippen molar-refractivity contribution in [3.8, 4) is 11.5 Å². The molecule has 0 saturated heterocycles. The van der Waals surface area contributed by atoms with Gasteiger partial charge in [-0.2, -0.15) is 0 Å². The molecule has 2 aliphatic rings. The van der Waals surface area contributed by atoms with Gasteiger partial charge in [-0.1, -0.05) is 6.07 Å². The fourth-order valence-corrected chi connectivity index (χ4v) is 3.19. The molecule has 0 radical (unpaired) electrons. The Morgan fingerprint density at radius 2 is 2.00 bits per heavy atom. The number of benzene rings is 1. The summed E-state index contributed by atoms with van der Waals surface area (Å²) in [4.78, 5) is 28.7. The molecule has 1 aromatic heterocycles. The quantitative estimate of drug-likeness (QED) is 0.457. The zero-order chi connectivity index (χ0) is 16.8. The molecule has 0 aliphatic carbocycles. The maximum absolute atomic E-state index is 12.5. The molecule has 4 rings (SSSR count). The summed E-state index contributed by atoms with van der Waals surface area (Å²) in [5, 5.41) is 0. The van der Waals surface area contributed by atoms with Gasteiger partial charge in [0.2, 0.25) is 5.78 Å². The van der Waals surface area contributed by atoms with E-state index in [1.807, 2.05) is 26.0 Å². The molecule has 0 N–H and O–H groups in total. The molecule has 0 saturated carbocycles. The highest BCUT2D eigenvalue weighted by Gasteiger charge is 2.38. The standard InChI is InChI=1S/C19H15NO4/c1-10(2)18-17(22)12-5-6-14-16(19(12)24-18)13(8-15(21)23-14)11-4-3-7-20-9-11/h3-7,9,13H,8H2,1-2H3/t13-/m1/s1. The van der Waals surface area contributed by atoms with E-state index in [0.29, 0.717) is 22.8 Å². The first kappa shape index (κ1) is 14.6. The molecule has 2 aliphatic heterocycles. The van der Waals surface area contributed by atoms with Gasteiger partial charge in [0.1, 0.15) is 11.5 Å². The number of ketones is 1. The molecule has 5 nitrogen and oxygen atoms in total. The summed E-state index contributed by atoms with van der Waals surface area (Å²) in [7, 11) is 0. The number of fused-ring (bicyclic) bond motifs is 3. The Bertz CT molecular complexity index is 895. The van der Waals surface area contributed by atoms with Crippen molar-refractivity contribution in [1.82, 2.24) is 4.98 Å². The number of hydrogen-bond acceptors (Lipinski definition) is 5. The van der Waals surface area contributed by atoms with E-state index in [9.17, 15) is 9.59 Å². The van der Waals surface area contributed by atoms with Crippen LogP contribution in [0.2, 0.25) is 0 Å². The van der Waals surface area contributed by atoms with Crippen molar-refractivity contribution >= 4 is 11.8 Å². The third kappa shape index (κ3) is 2.12. The lowest BCUT2D eigenvalue weighted by atomic mass is 9.85. The van der Waals surface area contributed by atoms with Crippen LogP contribution in [0.15, 0.2) is 48.0 Å². The topological polar surface area (TPSA) is 65.5 Å². The molecule has 3 heterocycles. The van der Waals surface area contributed by atoms with E-state index in [2.05, 4.69) is 4.98 Å². The predicted octanol–water partition coefficient (Wildman–Crippen LogP) is 3.39. The van der Waals surface area contributed by atoms with Crippen LogP contribution in [-0.4, -0.2) is 16.7 Å². The zero-order valence-corrected chi connectivity index (χ0v) is 13.3. The number of hydrogen-bond donors (Lipinski definition) is 0. The number of nitrogens with zero attached hydrogens (tertiary/aromatic N) is 1. The highest BCUT2D eigenvalue weighted by atomic mass is 16.5. The number of carbonyl (C=O) groups is 2. The third-order valence-corrected chi connectivity index (χ3v) is 4.30. The third-order valence-electron chi connectivity index (χ3n) is 4.30. The lowest BCUT2D eigenvalue weighted by Crippen LogP contribution is -2.21. The molecule has 0 bridgehead atoms. The first-order valence-electron chi connectivity index (χ1n) is 7.73. The minimum absolute atomic E-state index is 0.130. The van der Waals surface area contributed by atoms with Crippen molar-refractivity contribution < 1.29 is 19.1 Å². The second-order valence-electron chi connectivity index (χ2n) is 6.13. The molecule has 0 amide bonds. The number of esters is 1. The predicted molar refractivity (Wildman–Crippen MR) is 86.1 cm³/mol. The summed E-state index contributed by atoms with van der Waals surface area (Å²) in [5.41, 5.74) is 2.96. The van der Waals surface area contributed by atoms with Crippen LogP contribution in [0.3, 0.4) is 0 Å². The fraction of sp³-hybridized carbons (Fsp3) is 0.211. The van der Waals surface area contributed by atoms with Crippen LogP contribution >= 0.6 is 0 Å². The number of ether oxygens (including phenoxy) is 2. The molecule has 1 atom stereocenters. The van der Waals surface area contributed by atoms with Gasteiger partial charge in [0.25, 0.3) is 0 Å². The SMILES string of the molecule is CC(C)=C1Oc2c(ccc3c2[C@@H](c2cccnc2)CC(=O)O3)C1=O. The molecule has 120 valence electrons. The summed E-state index contributed by atoms with van der Waals surface area (Å²) in [6.07, 6.45) is 3.60. The van der Waals surface area contributed by atoms with Crippen molar-refractivity contribution in [2.75, 3.05) is 0 Å². The van der Waals surface area contributed by atoms with Gasteiger partial charge in [-0.25, -0.2) is 0 Å². The Morgan fingerprint density at radius 3 is 2.71 bits per heavy atom. The van der Waals surface area contributed by atoms with Gasteiger partial charge in [-0.15, -0.1) is 0 Å². The monoisotopic (exact) mass is 321 g/mol. The minimum atomic E-state index is -0.303. The van der Waals surface area contributed by atoms with Crippen molar-refractivity contribution in [1.29, 1.82) is 0 Å². The Hall–Kier alpha value is -2.95. The number of aromatic nitrogens is 1. The molecule has 1 aromatic carbocycles. The maximum atomic E-state index is 12.5. The second kappa shape index (κ2) is 5.30. The Labute approximate surface area is 138 Å². The van der Waals surface area contributed by atoms with E-state index in [1.165, 1.54) is 0 Å². The van der Waals surface area contributed by atoms with Crippen LogP contribution in [0.25, 0.3) is 0 Å². The van der Waals surface area contributed by atoms with E-state index in [0.717, 1.165) is 16.7 Å². The summed E-state index contributed by atoms with van der Waals surface area (Å²) in [5.74, 6) is 0.615. The molecule has 24 heavy (non-hydrogen) atoms. The number of rotatable bonds is 1. The molecular formula is C19H15NO4. The largest absolute Gasteiger partial charge is 0.452 e. The number of carbonyl (C=O) groups excluding carboxylic acids is 2. The molecule has 0 unspecified atom stereocenters. The highest BCUT2D eigenvalue weighted by molar-refractivity contribution is 6.13. The summed E-state index contributed by atoms with van der Waals surface area (Å²) in [6.45, 7) is 3.67. The Morgan fingerprint density at radius 1 is 1.17 bits per heavy atom. The van der Waals surface area contributed by atoms with E-state index in [4.69, 9.17) is 9.47 Å². The second-order valence-corrected chi connectivity index (χ2v) is 6.13. The summed E-state index contributed by atoms with van der Waals surface area (Å²) >= 11 is 0. The summed E-state index contributed by atoms with van der Waals surface area (Å²) < 4.78 is 11.3. The van der Waals surface area contributed by atoms with Crippen LogP contribution in [0.4, 0.5) is 0 Å². The summed E-state index contributed by atoms with van der Waals surface area (Å²) in [6, 6.07) is 7.07. The molecule has 0 fully saturated rings. The van der Waals surface area contributed by atoms with Gasteiger partial charge < -0.3 is 9.47 Å². The average molecular weight is 321 g/mol. The van der Waals surface area contributed by atoms with Crippen molar-refractivity contribution in [3.05, 3.63) is 64.7 Å². The van der Waals surface area contributed by atoms with Crippen LogP contribution in [0.5, 0.6) is 11.5 Å². The minimum Gasteiger partial charge on any atom is -0.452 e. The van der Waals surface area contributed by atoms with Crippen molar-refractivity contribution in [2.24, 2.45) is 0 Å². The van der Waals surface area contributed by atoms with Crippen LogP contribution < -0.4 is 9.47 Å². The van der Waals surface area contributed by atoms with Gasteiger partial charge in [0.15, 0.2) is 5.76 Å². The molecule has 2 aromatic rings. The lowest BCUT2D eigenvalue weighted by molar-refractivity contribution is -0.135. The molecule has 5 heteroatoms. The van der Waals surface area contributed by atoms with Crippen molar-refractivity contribution in [2.45, 2.75) is 26.2 Å². The lowest BCUT2D eigenvalue weighted by Gasteiger charge is -2.26. The van der Waals surface area contributed by atoms with Gasteiger partial charge in [0, 0.05) is 23.9 Å². The van der Waals surface area contributed by atoms with Crippen LogP contribution in [0, 0.1) is 0 Å². The van der Waals surface area contributed by atoms with Gasteiger partial charge in [-0.3, -0.25) is 14.6 Å².